The van der Waals surface area contributed by atoms with E-state index < -0.39 is 30.1 Å². The molecule has 1 unspecified atom stereocenters. The number of nitrogens with two attached hydrogens (primary N) is 1. The topological polar surface area (TPSA) is 92.9 Å². The molecular weight excluding hydrogens is 367 g/mol. The Morgan fingerprint density at radius 3 is 2.36 bits per heavy atom. The van der Waals surface area contributed by atoms with Gasteiger partial charge in [0.05, 0.1) is 34.7 Å². The number of nitrogens with zero attached hydrogens (tertiary/aromatic N) is 1. The highest BCUT2D eigenvalue weighted by Gasteiger charge is 2.41. The highest BCUT2D eigenvalue weighted by molar-refractivity contribution is 6.42. The van der Waals surface area contributed by atoms with Crippen LogP contribution in [0.3, 0.4) is 0 Å². The summed E-state index contributed by atoms with van der Waals surface area (Å²) in [6, 6.07) is 4.96. The Kier molecular flexibility index (Phi) is 5.86. The number of primary amides is 1. The summed E-state index contributed by atoms with van der Waals surface area (Å²) >= 11 is 12.1. The van der Waals surface area contributed by atoms with Gasteiger partial charge in [0.1, 0.15) is 0 Å². The third-order valence-corrected chi connectivity index (χ3v) is 5.09. The highest BCUT2D eigenvalue weighted by atomic mass is 35.5. The Morgan fingerprint density at radius 2 is 1.88 bits per heavy atom. The Balaban J connectivity index is 2.50. The Morgan fingerprint density at radius 1 is 1.24 bits per heavy atom. The van der Waals surface area contributed by atoms with E-state index in [-0.39, 0.29) is 18.5 Å². The average Bonchev–Trinajstić information content (AvgIpc) is 2.70. The maximum absolute atomic E-state index is 12.0. The monoisotopic (exact) mass is 388 g/mol. The van der Waals surface area contributed by atoms with Crippen molar-refractivity contribution in [2.45, 2.75) is 33.0 Å². The highest BCUT2D eigenvalue weighted by Crippen LogP contribution is 2.38. The number of carboxylic acid groups (broad SMARTS) is 1. The Hall–Kier alpha value is -1.50. The molecule has 25 heavy (non-hydrogen) atoms. The number of carbonyl (C=O) groups excluding carboxylic acids is 1. The van der Waals surface area contributed by atoms with Gasteiger partial charge in [0.25, 0.3) is 0 Å². The van der Waals surface area contributed by atoms with Crippen molar-refractivity contribution in [3.8, 4) is 0 Å². The molecule has 6 nitrogen and oxygen atoms in total. The number of carbonyl (C=O) groups is 2. The molecule has 1 aromatic rings. The summed E-state index contributed by atoms with van der Waals surface area (Å²) in [5.41, 5.74) is 5.85. The van der Waals surface area contributed by atoms with Crippen LogP contribution in [-0.2, 0) is 9.53 Å². The zero-order chi connectivity index (χ0) is 18.9. The fourth-order valence-electron chi connectivity index (χ4n) is 2.80. The number of hydrogen-bond donors (Lipinski definition) is 2. The molecule has 0 saturated carbocycles. The number of rotatable bonds is 2. The van der Waals surface area contributed by atoms with Crippen molar-refractivity contribution < 1.29 is 19.4 Å². The van der Waals surface area contributed by atoms with Gasteiger partial charge in [0.2, 0.25) is 5.91 Å². The van der Waals surface area contributed by atoms with Crippen LogP contribution < -0.4 is 5.73 Å². The molecule has 1 aliphatic rings. The average molecular weight is 389 g/mol. The zero-order valence-electron chi connectivity index (χ0n) is 14.3. The van der Waals surface area contributed by atoms with E-state index >= 15 is 0 Å². The summed E-state index contributed by atoms with van der Waals surface area (Å²) in [5, 5.41) is 10.2. The molecule has 0 bridgehead atoms. The van der Waals surface area contributed by atoms with Crippen LogP contribution in [-0.4, -0.2) is 41.2 Å². The standard InChI is InChI=1S/C17H22Cl2N2O4/c1-17(2,3)13-8-21(16(23)24)7-10(15(20)22)14(25-13)9-4-5-11(18)12(19)6-9/h4-6,10,13-14H,7-8H2,1-3H3,(H2,20,22)(H,23,24)/t10-,13?,14+/m1/s1. The van der Waals surface area contributed by atoms with Crippen molar-refractivity contribution in [1.82, 2.24) is 4.90 Å². The molecule has 8 heteroatoms. The molecule has 1 aromatic carbocycles. The van der Waals surface area contributed by atoms with Crippen LogP contribution >= 0.6 is 23.2 Å². The van der Waals surface area contributed by atoms with E-state index in [4.69, 9.17) is 33.7 Å². The third-order valence-electron chi connectivity index (χ3n) is 4.35. The van der Waals surface area contributed by atoms with Crippen LogP contribution in [0.5, 0.6) is 0 Å². The lowest BCUT2D eigenvalue weighted by Crippen LogP contribution is -2.43. The lowest BCUT2D eigenvalue weighted by molar-refractivity contribution is -0.131. The minimum atomic E-state index is -1.11. The van der Waals surface area contributed by atoms with Crippen LogP contribution in [0.15, 0.2) is 18.2 Å². The van der Waals surface area contributed by atoms with E-state index in [1.54, 1.807) is 18.2 Å². The lowest BCUT2D eigenvalue weighted by atomic mass is 9.88. The summed E-state index contributed by atoms with van der Waals surface area (Å²) in [7, 11) is 0. The van der Waals surface area contributed by atoms with Crippen molar-refractivity contribution in [1.29, 1.82) is 0 Å². The van der Waals surface area contributed by atoms with E-state index in [0.717, 1.165) is 0 Å². The minimum absolute atomic E-state index is 0.0395. The maximum Gasteiger partial charge on any atom is 0.407 e. The predicted molar refractivity (Wildman–Crippen MR) is 95.8 cm³/mol. The molecule has 0 spiro atoms. The van der Waals surface area contributed by atoms with Gasteiger partial charge in [0.15, 0.2) is 0 Å². The van der Waals surface area contributed by atoms with Gasteiger partial charge < -0.3 is 20.5 Å². The van der Waals surface area contributed by atoms with Gasteiger partial charge in [-0.3, -0.25) is 4.79 Å². The molecular formula is C17H22Cl2N2O4. The number of amides is 2. The summed E-state index contributed by atoms with van der Waals surface area (Å²) < 4.78 is 6.20. The quantitative estimate of drug-likeness (QED) is 0.809. The first-order valence-corrected chi connectivity index (χ1v) is 8.64. The van der Waals surface area contributed by atoms with E-state index in [2.05, 4.69) is 0 Å². The van der Waals surface area contributed by atoms with Crippen LogP contribution in [0.2, 0.25) is 10.0 Å². The second kappa shape index (κ2) is 7.40. The van der Waals surface area contributed by atoms with Crippen LogP contribution in [0, 0.1) is 11.3 Å². The lowest BCUT2D eigenvalue weighted by Gasteiger charge is -2.33. The Bertz CT molecular complexity index is 675. The summed E-state index contributed by atoms with van der Waals surface area (Å²) in [6.45, 7) is 5.97. The fourth-order valence-corrected chi connectivity index (χ4v) is 3.10. The predicted octanol–water partition coefficient (Wildman–Crippen LogP) is 3.56. The maximum atomic E-state index is 12.0. The smallest absolute Gasteiger partial charge is 0.407 e. The van der Waals surface area contributed by atoms with Gasteiger partial charge >= 0.3 is 6.09 Å². The van der Waals surface area contributed by atoms with Crippen molar-refractivity contribution in [3.63, 3.8) is 0 Å². The van der Waals surface area contributed by atoms with E-state index in [1.165, 1.54) is 4.90 Å². The summed E-state index contributed by atoms with van der Waals surface area (Å²) in [5.74, 6) is -1.46. The van der Waals surface area contributed by atoms with Crippen molar-refractivity contribution in [2.75, 3.05) is 13.1 Å². The molecule has 1 fully saturated rings. The van der Waals surface area contributed by atoms with Crippen LogP contribution in [0.4, 0.5) is 4.79 Å². The number of halogens is 2. The van der Waals surface area contributed by atoms with Crippen molar-refractivity contribution in [3.05, 3.63) is 33.8 Å². The number of ether oxygens (including phenoxy) is 1. The largest absolute Gasteiger partial charge is 0.465 e. The molecule has 1 aliphatic heterocycles. The second-order valence-electron chi connectivity index (χ2n) is 7.28. The fraction of sp³-hybridized carbons (Fsp3) is 0.529. The first-order chi connectivity index (χ1) is 11.5. The van der Waals surface area contributed by atoms with Crippen molar-refractivity contribution in [2.24, 2.45) is 17.1 Å². The van der Waals surface area contributed by atoms with E-state index in [1.807, 2.05) is 20.8 Å². The third kappa shape index (κ3) is 4.57. The van der Waals surface area contributed by atoms with Gasteiger partial charge in [-0.25, -0.2) is 4.79 Å². The molecule has 0 radical (unpaired) electrons. The normalized spacial score (nSPS) is 24.7. The van der Waals surface area contributed by atoms with Gasteiger partial charge in [-0.1, -0.05) is 50.0 Å². The van der Waals surface area contributed by atoms with Gasteiger partial charge in [-0.2, -0.15) is 0 Å². The minimum Gasteiger partial charge on any atom is -0.465 e. The Labute approximate surface area is 156 Å². The first kappa shape index (κ1) is 19.8. The van der Waals surface area contributed by atoms with Crippen LogP contribution in [0.1, 0.15) is 32.4 Å². The molecule has 2 amide bonds. The van der Waals surface area contributed by atoms with Gasteiger partial charge in [-0.15, -0.1) is 0 Å². The molecule has 0 aliphatic carbocycles. The summed E-state index contributed by atoms with van der Waals surface area (Å²) in [4.78, 5) is 24.8. The van der Waals surface area contributed by atoms with E-state index in [9.17, 15) is 14.7 Å². The second-order valence-corrected chi connectivity index (χ2v) is 8.10. The summed E-state index contributed by atoms with van der Waals surface area (Å²) in [6.07, 6.45) is -2.24. The molecule has 138 valence electrons. The molecule has 0 aromatic heterocycles. The van der Waals surface area contributed by atoms with Gasteiger partial charge in [-0.05, 0) is 23.1 Å². The zero-order valence-corrected chi connectivity index (χ0v) is 15.8. The van der Waals surface area contributed by atoms with E-state index in [0.29, 0.717) is 15.6 Å². The van der Waals surface area contributed by atoms with Crippen molar-refractivity contribution >= 4 is 35.2 Å². The van der Waals surface area contributed by atoms with Crippen LogP contribution in [0.25, 0.3) is 0 Å². The molecule has 3 N–H and O–H groups in total. The molecule has 3 atom stereocenters. The molecule has 2 rings (SSSR count). The number of hydrogen-bond acceptors (Lipinski definition) is 3. The number of benzene rings is 1. The molecule has 1 heterocycles. The first-order valence-electron chi connectivity index (χ1n) is 7.88. The SMILES string of the molecule is CC(C)(C)C1CN(C(=O)O)C[C@@H](C(N)=O)[C@H](c2ccc(Cl)c(Cl)c2)O1. The van der Waals surface area contributed by atoms with Gasteiger partial charge in [0, 0.05) is 6.54 Å². The molecule has 1 saturated heterocycles.